The first-order valence-corrected chi connectivity index (χ1v) is 8.81. The zero-order valence-electron chi connectivity index (χ0n) is 13.3. The van der Waals surface area contributed by atoms with Crippen LogP contribution in [0, 0.1) is 5.92 Å². The molecule has 0 fully saturated rings. The van der Waals surface area contributed by atoms with E-state index in [4.69, 9.17) is 0 Å². The third-order valence-electron chi connectivity index (χ3n) is 4.02. The number of carbonyl (C=O) groups is 1. The van der Waals surface area contributed by atoms with Crippen LogP contribution in [-0.2, 0) is 12.8 Å². The van der Waals surface area contributed by atoms with Gasteiger partial charge in [0.15, 0.2) is 5.78 Å². The van der Waals surface area contributed by atoms with Crippen molar-refractivity contribution in [3.05, 3.63) is 69.7 Å². The van der Waals surface area contributed by atoms with Crippen LogP contribution in [0.25, 0.3) is 0 Å². The van der Waals surface area contributed by atoms with Crippen molar-refractivity contribution < 1.29 is 4.79 Å². The molecule has 0 radical (unpaired) electrons. The van der Waals surface area contributed by atoms with Gasteiger partial charge in [-0.25, -0.2) is 0 Å². The number of hydrogen-bond donors (Lipinski definition) is 0. The predicted molar refractivity (Wildman–Crippen MR) is 96.4 cm³/mol. The van der Waals surface area contributed by atoms with Crippen LogP contribution >= 0.6 is 15.9 Å². The second-order valence-electron chi connectivity index (χ2n) is 5.73. The molecule has 0 saturated heterocycles. The van der Waals surface area contributed by atoms with Crippen molar-refractivity contribution in [3.63, 3.8) is 0 Å². The molecular weight excluding hydrogens is 336 g/mol. The van der Waals surface area contributed by atoms with Crippen LogP contribution in [0.3, 0.4) is 0 Å². The molecule has 1 nitrogen and oxygen atoms in total. The normalized spacial score (nSPS) is 12.1. The van der Waals surface area contributed by atoms with E-state index in [1.165, 1.54) is 11.1 Å². The van der Waals surface area contributed by atoms with Crippen molar-refractivity contribution in [2.45, 2.75) is 39.5 Å². The summed E-state index contributed by atoms with van der Waals surface area (Å²) in [7, 11) is 0. The van der Waals surface area contributed by atoms with Gasteiger partial charge in [0, 0.05) is 16.0 Å². The van der Waals surface area contributed by atoms with E-state index in [-0.39, 0.29) is 11.7 Å². The van der Waals surface area contributed by atoms with Gasteiger partial charge in [-0.1, -0.05) is 66.5 Å². The minimum absolute atomic E-state index is 0.0679. The van der Waals surface area contributed by atoms with Gasteiger partial charge in [0.1, 0.15) is 0 Å². The summed E-state index contributed by atoms with van der Waals surface area (Å²) in [5, 5.41) is 0. The predicted octanol–water partition coefficient (Wildman–Crippen LogP) is 5.85. The smallest absolute Gasteiger partial charge is 0.166 e. The lowest BCUT2D eigenvalue weighted by Gasteiger charge is -2.16. The Labute approximate surface area is 141 Å². The van der Waals surface area contributed by atoms with Gasteiger partial charge < -0.3 is 0 Å². The Hall–Kier alpha value is -1.41. The molecule has 116 valence electrons. The molecule has 22 heavy (non-hydrogen) atoms. The van der Waals surface area contributed by atoms with Gasteiger partial charge in [-0.05, 0) is 48.6 Å². The van der Waals surface area contributed by atoms with Gasteiger partial charge in [-0.3, -0.25) is 4.79 Å². The largest absolute Gasteiger partial charge is 0.294 e. The van der Waals surface area contributed by atoms with Gasteiger partial charge in [0.2, 0.25) is 0 Å². The van der Waals surface area contributed by atoms with E-state index >= 15 is 0 Å². The Balaban J connectivity index is 2.18. The number of halogens is 1. The van der Waals surface area contributed by atoms with Crippen LogP contribution < -0.4 is 0 Å². The van der Waals surface area contributed by atoms with Crippen LogP contribution in [0.1, 0.15) is 48.2 Å². The minimum Gasteiger partial charge on any atom is -0.294 e. The van der Waals surface area contributed by atoms with E-state index in [0.717, 1.165) is 35.7 Å². The Morgan fingerprint density at radius 1 is 1.05 bits per heavy atom. The fourth-order valence-electron chi connectivity index (χ4n) is 2.76. The Bertz CT molecular complexity index is 616. The van der Waals surface area contributed by atoms with E-state index in [0.29, 0.717) is 0 Å². The highest BCUT2D eigenvalue weighted by molar-refractivity contribution is 9.10. The molecule has 0 saturated carbocycles. The summed E-state index contributed by atoms with van der Waals surface area (Å²) in [5.74, 6) is 0.346. The van der Waals surface area contributed by atoms with E-state index in [2.05, 4.69) is 48.0 Å². The molecule has 0 amide bonds. The first kappa shape index (κ1) is 17.0. The average molecular weight is 359 g/mol. The molecular formula is C20H23BrO. The molecule has 0 aliphatic heterocycles. The molecule has 2 aromatic rings. The number of carbonyl (C=O) groups excluding carboxylic acids is 1. The second kappa shape index (κ2) is 8.28. The Morgan fingerprint density at radius 3 is 2.41 bits per heavy atom. The summed E-state index contributed by atoms with van der Waals surface area (Å²) >= 11 is 3.46. The lowest BCUT2D eigenvalue weighted by Crippen LogP contribution is -2.17. The summed E-state index contributed by atoms with van der Waals surface area (Å²) in [6.07, 6.45) is 3.74. The first-order chi connectivity index (χ1) is 10.6. The van der Waals surface area contributed by atoms with E-state index in [1.54, 1.807) is 0 Å². The fourth-order valence-corrected chi connectivity index (χ4v) is 3.02. The lowest BCUT2D eigenvalue weighted by molar-refractivity contribution is 0.0911. The first-order valence-electron chi connectivity index (χ1n) is 8.01. The maximum atomic E-state index is 12.9. The highest BCUT2D eigenvalue weighted by Gasteiger charge is 2.20. The number of Topliss-reactive ketones (excluding diaryl/α,β-unsaturated/α-hetero) is 1. The monoisotopic (exact) mass is 358 g/mol. The number of benzene rings is 2. The van der Waals surface area contributed by atoms with Crippen LogP contribution in [0.4, 0.5) is 0 Å². The summed E-state index contributed by atoms with van der Waals surface area (Å²) in [6.45, 7) is 4.26. The highest BCUT2D eigenvalue weighted by atomic mass is 79.9. The van der Waals surface area contributed by atoms with Crippen LogP contribution in [-0.4, -0.2) is 5.78 Å². The molecule has 0 bridgehead atoms. The van der Waals surface area contributed by atoms with Crippen LogP contribution in [0.2, 0.25) is 0 Å². The van der Waals surface area contributed by atoms with E-state index in [9.17, 15) is 4.79 Å². The number of aryl methyl sites for hydroxylation is 1. The van der Waals surface area contributed by atoms with Crippen LogP contribution in [0.15, 0.2) is 53.0 Å². The number of rotatable bonds is 7. The lowest BCUT2D eigenvalue weighted by atomic mass is 9.87. The van der Waals surface area contributed by atoms with Crippen molar-refractivity contribution in [3.8, 4) is 0 Å². The summed E-state index contributed by atoms with van der Waals surface area (Å²) in [6, 6.07) is 16.4. The zero-order chi connectivity index (χ0) is 15.9. The van der Waals surface area contributed by atoms with E-state index in [1.807, 2.05) is 30.3 Å². The highest BCUT2D eigenvalue weighted by Crippen LogP contribution is 2.21. The average Bonchev–Trinajstić information content (AvgIpc) is 2.56. The maximum absolute atomic E-state index is 12.9. The molecule has 0 aromatic heterocycles. The minimum atomic E-state index is 0.0679. The fraction of sp³-hybridized carbons (Fsp3) is 0.350. The number of hydrogen-bond acceptors (Lipinski definition) is 1. The van der Waals surface area contributed by atoms with Gasteiger partial charge in [0.25, 0.3) is 0 Å². The second-order valence-corrected chi connectivity index (χ2v) is 6.65. The summed E-state index contributed by atoms with van der Waals surface area (Å²) < 4.78 is 1.07. The van der Waals surface area contributed by atoms with Gasteiger partial charge in [-0.15, -0.1) is 0 Å². The van der Waals surface area contributed by atoms with Crippen LogP contribution in [0.5, 0.6) is 0 Å². The zero-order valence-corrected chi connectivity index (χ0v) is 14.9. The molecule has 2 heteroatoms. The Kier molecular flexibility index (Phi) is 6.38. The SMILES string of the molecule is CCCC(Cc1ccc(Br)cc1)C(=O)c1cccc(CC)c1. The third kappa shape index (κ3) is 4.54. The maximum Gasteiger partial charge on any atom is 0.166 e. The van der Waals surface area contributed by atoms with Crippen molar-refractivity contribution in [2.24, 2.45) is 5.92 Å². The van der Waals surface area contributed by atoms with Gasteiger partial charge >= 0.3 is 0 Å². The van der Waals surface area contributed by atoms with Crippen molar-refractivity contribution >= 4 is 21.7 Å². The summed E-state index contributed by atoms with van der Waals surface area (Å²) in [5.41, 5.74) is 3.31. The molecule has 0 aliphatic rings. The quantitative estimate of drug-likeness (QED) is 0.567. The Morgan fingerprint density at radius 2 is 1.77 bits per heavy atom. The van der Waals surface area contributed by atoms with Gasteiger partial charge in [-0.2, -0.15) is 0 Å². The molecule has 1 unspecified atom stereocenters. The molecule has 0 aliphatic carbocycles. The topological polar surface area (TPSA) is 17.1 Å². The standard InChI is InChI=1S/C20H23BrO/c1-3-6-17(14-16-9-11-19(21)12-10-16)20(22)18-8-5-7-15(4-2)13-18/h5,7-13,17H,3-4,6,14H2,1-2H3. The summed E-state index contributed by atoms with van der Waals surface area (Å²) in [4.78, 5) is 12.9. The van der Waals surface area contributed by atoms with E-state index < -0.39 is 0 Å². The molecule has 1 atom stereocenters. The van der Waals surface area contributed by atoms with Crippen molar-refractivity contribution in [1.82, 2.24) is 0 Å². The molecule has 2 aromatic carbocycles. The third-order valence-corrected chi connectivity index (χ3v) is 4.55. The molecule has 0 spiro atoms. The molecule has 0 heterocycles. The molecule has 0 N–H and O–H groups in total. The van der Waals surface area contributed by atoms with Crippen molar-refractivity contribution in [1.29, 1.82) is 0 Å². The van der Waals surface area contributed by atoms with Crippen molar-refractivity contribution in [2.75, 3.05) is 0 Å². The molecule has 2 rings (SSSR count). The van der Waals surface area contributed by atoms with Gasteiger partial charge in [0.05, 0.1) is 0 Å². The number of ketones is 1.